The Balaban J connectivity index is 2.35. The van der Waals surface area contributed by atoms with E-state index in [1.54, 1.807) is 6.07 Å². The first-order valence-electron chi connectivity index (χ1n) is 6.53. The molecule has 1 aliphatic carbocycles. The monoisotopic (exact) mass is 236 g/mol. The highest BCUT2D eigenvalue weighted by Crippen LogP contribution is 2.50. The standard InChI is InChI=1S/C15H21FO/c1-3-15(8-4-5-9-15)14(17)13-10-12(16)7-6-11(13)2/h6-7,10,14,17H,3-5,8-9H2,1-2H3. The van der Waals surface area contributed by atoms with Crippen LogP contribution in [0.3, 0.4) is 0 Å². The second-order valence-corrected chi connectivity index (χ2v) is 5.33. The minimum atomic E-state index is -0.523. The Labute approximate surface area is 103 Å². The third-order valence-corrected chi connectivity index (χ3v) is 4.42. The molecule has 1 fully saturated rings. The Morgan fingerprint density at radius 1 is 1.35 bits per heavy atom. The quantitative estimate of drug-likeness (QED) is 0.836. The highest BCUT2D eigenvalue weighted by Gasteiger charge is 2.40. The van der Waals surface area contributed by atoms with Crippen LogP contribution >= 0.6 is 0 Å². The number of hydrogen-bond donors (Lipinski definition) is 1. The van der Waals surface area contributed by atoms with E-state index in [2.05, 4.69) is 6.92 Å². The van der Waals surface area contributed by atoms with Crippen molar-refractivity contribution in [3.8, 4) is 0 Å². The largest absolute Gasteiger partial charge is 0.388 e. The van der Waals surface area contributed by atoms with Crippen LogP contribution in [0.2, 0.25) is 0 Å². The maximum atomic E-state index is 13.3. The molecule has 0 aliphatic heterocycles. The van der Waals surface area contributed by atoms with E-state index in [1.165, 1.54) is 25.0 Å². The third kappa shape index (κ3) is 2.23. The Morgan fingerprint density at radius 2 is 2.00 bits per heavy atom. The molecular weight excluding hydrogens is 215 g/mol. The van der Waals surface area contributed by atoms with E-state index >= 15 is 0 Å². The van der Waals surface area contributed by atoms with Gasteiger partial charge in [-0.15, -0.1) is 0 Å². The average molecular weight is 236 g/mol. The van der Waals surface area contributed by atoms with E-state index < -0.39 is 6.10 Å². The Bertz CT molecular complexity index is 394. The van der Waals surface area contributed by atoms with Gasteiger partial charge in [-0.2, -0.15) is 0 Å². The van der Waals surface area contributed by atoms with Gasteiger partial charge in [0.1, 0.15) is 5.82 Å². The van der Waals surface area contributed by atoms with Gasteiger partial charge in [-0.25, -0.2) is 4.39 Å². The summed E-state index contributed by atoms with van der Waals surface area (Å²) in [5.74, 6) is -0.256. The van der Waals surface area contributed by atoms with Gasteiger partial charge in [-0.1, -0.05) is 25.8 Å². The predicted octanol–water partition coefficient (Wildman–Crippen LogP) is 4.14. The van der Waals surface area contributed by atoms with Gasteiger partial charge in [0.2, 0.25) is 0 Å². The summed E-state index contributed by atoms with van der Waals surface area (Å²) in [6.07, 6.45) is 4.91. The summed E-state index contributed by atoms with van der Waals surface area (Å²) in [6.45, 7) is 4.07. The summed E-state index contributed by atoms with van der Waals surface area (Å²) in [7, 11) is 0. The minimum Gasteiger partial charge on any atom is -0.388 e. The Kier molecular flexibility index (Phi) is 3.53. The molecule has 1 atom stereocenters. The molecule has 94 valence electrons. The lowest BCUT2D eigenvalue weighted by molar-refractivity contribution is 0.0231. The highest BCUT2D eigenvalue weighted by molar-refractivity contribution is 5.30. The summed E-state index contributed by atoms with van der Waals surface area (Å²) in [5, 5.41) is 10.6. The van der Waals surface area contributed by atoms with Crippen molar-refractivity contribution in [2.24, 2.45) is 5.41 Å². The van der Waals surface area contributed by atoms with Crippen LogP contribution in [0.25, 0.3) is 0 Å². The summed E-state index contributed by atoms with van der Waals surface area (Å²) in [4.78, 5) is 0. The summed E-state index contributed by atoms with van der Waals surface area (Å²) in [5.41, 5.74) is 1.73. The number of benzene rings is 1. The number of aliphatic hydroxyl groups is 1. The lowest BCUT2D eigenvalue weighted by Crippen LogP contribution is -2.25. The van der Waals surface area contributed by atoms with Gasteiger partial charge >= 0.3 is 0 Å². The fourth-order valence-corrected chi connectivity index (χ4v) is 3.14. The molecule has 2 rings (SSSR count). The number of aliphatic hydroxyl groups excluding tert-OH is 1. The second-order valence-electron chi connectivity index (χ2n) is 5.33. The van der Waals surface area contributed by atoms with Crippen LogP contribution in [-0.4, -0.2) is 5.11 Å². The van der Waals surface area contributed by atoms with Crippen LogP contribution in [0.1, 0.15) is 56.3 Å². The van der Waals surface area contributed by atoms with Gasteiger partial charge < -0.3 is 5.11 Å². The number of rotatable bonds is 3. The molecule has 1 saturated carbocycles. The molecule has 0 amide bonds. The molecule has 0 heterocycles. The van der Waals surface area contributed by atoms with Crippen molar-refractivity contribution in [2.75, 3.05) is 0 Å². The van der Waals surface area contributed by atoms with E-state index in [0.29, 0.717) is 0 Å². The number of hydrogen-bond acceptors (Lipinski definition) is 1. The second kappa shape index (κ2) is 4.77. The highest BCUT2D eigenvalue weighted by atomic mass is 19.1. The molecule has 0 radical (unpaired) electrons. The van der Waals surface area contributed by atoms with Gasteiger partial charge in [0.15, 0.2) is 0 Å². The lowest BCUT2D eigenvalue weighted by atomic mass is 9.74. The minimum absolute atomic E-state index is 0.0292. The van der Waals surface area contributed by atoms with Crippen LogP contribution in [0, 0.1) is 18.2 Å². The van der Waals surface area contributed by atoms with E-state index in [0.717, 1.165) is 30.4 Å². The number of halogens is 1. The number of aryl methyl sites for hydroxylation is 1. The zero-order chi connectivity index (χ0) is 12.5. The third-order valence-electron chi connectivity index (χ3n) is 4.42. The molecule has 1 aromatic carbocycles. The van der Waals surface area contributed by atoms with Gasteiger partial charge in [0.05, 0.1) is 6.10 Å². The molecule has 1 unspecified atom stereocenters. The maximum Gasteiger partial charge on any atom is 0.123 e. The molecule has 0 saturated heterocycles. The topological polar surface area (TPSA) is 20.2 Å². The smallest absolute Gasteiger partial charge is 0.123 e. The molecule has 1 aliphatic rings. The van der Waals surface area contributed by atoms with Crippen LogP contribution in [0.15, 0.2) is 18.2 Å². The average Bonchev–Trinajstić information content (AvgIpc) is 2.81. The lowest BCUT2D eigenvalue weighted by Gasteiger charge is -2.34. The molecule has 17 heavy (non-hydrogen) atoms. The van der Waals surface area contributed by atoms with Crippen molar-refractivity contribution in [1.29, 1.82) is 0 Å². The van der Waals surface area contributed by atoms with E-state index in [9.17, 15) is 9.50 Å². The normalized spacial score (nSPS) is 20.5. The van der Waals surface area contributed by atoms with Crippen LogP contribution in [-0.2, 0) is 0 Å². The molecular formula is C15H21FO. The van der Waals surface area contributed by atoms with Crippen molar-refractivity contribution in [3.63, 3.8) is 0 Å². The molecule has 0 aromatic heterocycles. The SMILES string of the molecule is CCC1(C(O)c2cc(F)ccc2C)CCCC1. The van der Waals surface area contributed by atoms with Gasteiger partial charge in [-0.05, 0) is 49.4 Å². The summed E-state index contributed by atoms with van der Waals surface area (Å²) < 4.78 is 13.3. The Morgan fingerprint density at radius 3 is 2.59 bits per heavy atom. The molecule has 1 aromatic rings. The van der Waals surface area contributed by atoms with Crippen molar-refractivity contribution in [2.45, 2.75) is 52.1 Å². The molecule has 0 bridgehead atoms. The van der Waals surface area contributed by atoms with E-state index in [1.807, 2.05) is 6.92 Å². The molecule has 1 N–H and O–H groups in total. The fraction of sp³-hybridized carbons (Fsp3) is 0.600. The predicted molar refractivity (Wildman–Crippen MR) is 67.3 cm³/mol. The molecule has 1 nitrogen and oxygen atoms in total. The fourth-order valence-electron chi connectivity index (χ4n) is 3.14. The van der Waals surface area contributed by atoms with Crippen LogP contribution in [0.4, 0.5) is 4.39 Å². The van der Waals surface area contributed by atoms with Crippen molar-refractivity contribution in [1.82, 2.24) is 0 Å². The first kappa shape index (κ1) is 12.6. The van der Waals surface area contributed by atoms with E-state index in [4.69, 9.17) is 0 Å². The van der Waals surface area contributed by atoms with Crippen molar-refractivity contribution < 1.29 is 9.50 Å². The zero-order valence-electron chi connectivity index (χ0n) is 10.7. The van der Waals surface area contributed by atoms with Crippen LogP contribution in [0.5, 0.6) is 0 Å². The summed E-state index contributed by atoms with van der Waals surface area (Å²) in [6, 6.07) is 4.71. The van der Waals surface area contributed by atoms with E-state index in [-0.39, 0.29) is 11.2 Å². The zero-order valence-corrected chi connectivity index (χ0v) is 10.7. The Hall–Kier alpha value is -0.890. The molecule has 0 spiro atoms. The first-order valence-corrected chi connectivity index (χ1v) is 6.53. The van der Waals surface area contributed by atoms with Crippen molar-refractivity contribution in [3.05, 3.63) is 35.1 Å². The maximum absolute atomic E-state index is 13.3. The van der Waals surface area contributed by atoms with Crippen LogP contribution < -0.4 is 0 Å². The van der Waals surface area contributed by atoms with Crippen molar-refractivity contribution >= 4 is 0 Å². The van der Waals surface area contributed by atoms with Gasteiger partial charge in [0, 0.05) is 5.41 Å². The summed E-state index contributed by atoms with van der Waals surface area (Å²) >= 11 is 0. The first-order chi connectivity index (χ1) is 8.09. The van der Waals surface area contributed by atoms with Gasteiger partial charge in [-0.3, -0.25) is 0 Å². The molecule has 2 heteroatoms. The van der Waals surface area contributed by atoms with Gasteiger partial charge in [0.25, 0.3) is 0 Å².